The van der Waals surface area contributed by atoms with Crippen molar-refractivity contribution in [3.63, 3.8) is 0 Å². The number of rotatable bonds is 1. The van der Waals surface area contributed by atoms with E-state index in [2.05, 4.69) is 10.1 Å². The van der Waals surface area contributed by atoms with E-state index >= 15 is 0 Å². The van der Waals surface area contributed by atoms with Gasteiger partial charge >= 0.3 is 0 Å². The average molecular weight is 175 g/mol. The van der Waals surface area contributed by atoms with Crippen LogP contribution >= 0.6 is 0 Å². The first-order chi connectivity index (χ1) is 6.33. The van der Waals surface area contributed by atoms with Gasteiger partial charge in [0.1, 0.15) is 11.4 Å². The molecule has 0 aliphatic rings. The SMILES string of the molecule is C/C(=N/O)c1cnc2ccccn12. The molecular formula is C9H9N3O. The van der Waals surface area contributed by atoms with Crippen LogP contribution in [0, 0.1) is 0 Å². The van der Waals surface area contributed by atoms with Crippen molar-refractivity contribution in [2.75, 3.05) is 0 Å². The Morgan fingerprint density at radius 1 is 1.54 bits per heavy atom. The maximum absolute atomic E-state index is 8.61. The van der Waals surface area contributed by atoms with Crippen molar-refractivity contribution in [1.82, 2.24) is 9.38 Å². The minimum Gasteiger partial charge on any atom is -0.411 e. The van der Waals surface area contributed by atoms with Crippen LogP contribution in [0.5, 0.6) is 0 Å². The number of hydrogen-bond donors (Lipinski definition) is 1. The zero-order valence-electron chi connectivity index (χ0n) is 7.18. The summed E-state index contributed by atoms with van der Waals surface area (Å²) >= 11 is 0. The van der Waals surface area contributed by atoms with Crippen LogP contribution in [-0.2, 0) is 0 Å². The molecule has 4 nitrogen and oxygen atoms in total. The second-order valence-electron chi connectivity index (χ2n) is 2.76. The van der Waals surface area contributed by atoms with Crippen molar-refractivity contribution >= 4 is 11.4 Å². The monoisotopic (exact) mass is 175 g/mol. The normalized spacial score (nSPS) is 12.2. The molecule has 0 amide bonds. The van der Waals surface area contributed by atoms with Gasteiger partial charge in [-0.15, -0.1) is 0 Å². The predicted molar refractivity (Wildman–Crippen MR) is 49.2 cm³/mol. The maximum Gasteiger partial charge on any atom is 0.137 e. The van der Waals surface area contributed by atoms with Crippen molar-refractivity contribution in [2.45, 2.75) is 6.92 Å². The Hall–Kier alpha value is -1.84. The Morgan fingerprint density at radius 2 is 2.38 bits per heavy atom. The lowest BCUT2D eigenvalue weighted by Gasteiger charge is -1.97. The van der Waals surface area contributed by atoms with Gasteiger partial charge in [0.15, 0.2) is 0 Å². The van der Waals surface area contributed by atoms with E-state index in [0.29, 0.717) is 5.71 Å². The molecule has 0 radical (unpaired) electrons. The summed E-state index contributed by atoms with van der Waals surface area (Å²) in [4.78, 5) is 4.16. The van der Waals surface area contributed by atoms with E-state index in [-0.39, 0.29) is 0 Å². The summed E-state index contributed by atoms with van der Waals surface area (Å²) in [5.74, 6) is 0. The number of pyridine rings is 1. The number of oxime groups is 1. The van der Waals surface area contributed by atoms with Crippen LogP contribution in [0.25, 0.3) is 5.65 Å². The molecule has 2 rings (SSSR count). The number of imidazole rings is 1. The van der Waals surface area contributed by atoms with E-state index in [1.807, 2.05) is 28.8 Å². The highest BCUT2D eigenvalue weighted by Crippen LogP contribution is 2.06. The minimum absolute atomic E-state index is 0.554. The van der Waals surface area contributed by atoms with Crippen LogP contribution in [0.3, 0.4) is 0 Å². The van der Waals surface area contributed by atoms with E-state index < -0.39 is 0 Å². The Kier molecular flexibility index (Phi) is 1.73. The summed E-state index contributed by atoms with van der Waals surface area (Å²) in [6, 6.07) is 5.72. The molecule has 0 spiro atoms. The van der Waals surface area contributed by atoms with Crippen LogP contribution in [0.1, 0.15) is 12.6 Å². The highest BCUT2D eigenvalue weighted by atomic mass is 16.4. The van der Waals surface area contributed by atoms with Crippen molar-refractivity contribution in [1.29, 1.82) is 0 Å². The van der Waals surface area contributed by atoms with Gasteiger partial charge in [0, 0.05) is 6.20 Å². The maximum atomic E-state index is 8.61. The Balaban J connectivity index is 2.71. The lowest BCUT2D eigenvalue weighted by atomic mass is 10.3. The summed E-state index contributed by atoms with van der Waals surface area (Å²) in [5, 5.41) is 11.7. The molecule has 2 aromatic heterocycles. The quantitative estimate of drug-likeness (QED) is 0.406. The van der Waals surface area contributed by atoms with Gasteiger partial charge in [-0.2, -0.15) is 0 Å². The van der Waals surface area contributed by atoms with Gasteiger partial charge in [0.05, 0.1) is 11.9 Å². The first kappa shape index (κ1) is 7.79. The molecule has 0 bridgehead atoms. The van der Waals surface area contributed by atoms with Gasteiger partial charge < -0.3 is 5.21 Å². The molecule has 0 atom stereocenters. The minimum atomic E-state index is 0.554. The van der Waals surface area contributed by atoms with E-state index in [1.54, 1.807) is 13.1 Å². The van der Waals surface area contributed by atoms with Crippen LogP contribution < -0.4 is 0 Å². The molecule has 0 aliphatic carbocycles. The summed E-state index contributed by atoms with van der Waals surface area (Å²) in [6.07, 6.45) is 3.57. The molecule has 0 fully saturated rings. The molecule has 0 saturated carbocycles. The van der Waals surface area contributed by atoms with Gasteiger partial charge in [0.25, 0.3) is 0 Å². The molecule has 0 aliphatic heterocycles. The largest absolute Gasteiger partial charge is 0.411 e. The fraction of sp³-hybridized carbons (Fsp3) is 0.111. The zero-order chi connectivity index (χ0) is 9.26. The highest BCUT2D eigenvalue weighted by molar-refractivity contribution is 5.97. The second kappa shape index (κ2) is 2.90. The standard InChI is InChI=1S/C9H9N3O/c1-7(11-13)8-6-10-9-4-2-3-5-12(8)9/h2-6,13H,1H3/b11-7-. The van der Waals surface area contributed by atoms with Gasteiger partial charge in [-0.3, -0.25) is 4.40 Å². The second-order valence-corrected chi connectivity index (χ2v) is 2.76. The first-order valence-corrected chi connectivity index (χ1v) is 3.94. The zero-order valence-corrected chi connectivity index (χ0v) is 7.18. The molecule has 0 aromatic carbocycles. The van der Waals surface area contributed by atoms with E-state index in [4.69, 9.17) is 5.21 Å². The smallest absolute Gasteiger partial charge is 0.137 e. The average Bonchev–Trinajstić information content (AvgIpc) is 2.60. The van der Waals surface area contributed by atoms with Crippen LogP contribution in [0.2, 0.25) is 0 Å². The summed E-state index contributed by atoms with van der Waals surface area (Å²) in [6.45, 7) is 1.73. The molecule has 4 heteroatoms. The molecule has 0 unspecified atom stereocenters. The molecule has 66 valence electrons. The van der Waals surface area contributed by atoms with Crippen molar-refractivity contribution in [3.8, 4) is 0 Å². The first-order valence-electron chi connectivity index (χ1n) is 3.94. The lowest BCUT2D eigenvalue weighted by molar-refractivity contribution is 0.319. The third-order valence-electron chi connectivity index (χ3n) is 1.94. The Labute approximate surface area is 75.1 Å². The number of fused-ring (bicyclic) bond motifs is 1. The van der Waals surface area contributed by atoms with Crippen LogP contribution in [0.15, 0.2) is 35.7 Å². The third-order valence-corrected chi connectivity index (χ3v) is 1.94. The lowest BCUT2D eigenvalue weighted by Crippen LogP contribution is -1.99. The Morgan fingerprint density at radius 3 is 3.15 bits per heavy atom. The number of hydrogen-bond acceptors (Lipinski definition) is 3. The van der Waals surface area contributed by atoms with Crippen molar-refractivity contribution < 1.29 is 5.21 Å². The fourth-order valence-corrected chi connectivity index (χ4v) is 1.25. The van der Waals surface area contributed by atoms with Gasteiger partial charge in [0.2, 0.25) is 0 Å². The highest BCUT2D eigenvalue weighted by Gasteiger charge is 2.04. The Bertz CT molecular complexity index is 459. The van der Waals surface area contributed by atoms with Gasteiger partial charge in [-0.1, -0.05) is 11.2 Å². The van der Waals surface area contributed by atoms with Crippen molar-refractivity contribution in [2.24, 2.45) is 5.16 Å². The van der Waals surface area contributed by atoms with Crippen LogP contribution in [0.4, 0.5) is 0 Å². The molecule has 2 aromatic rings. The summed E-state index contributed by atoms with van der Waals surface area (Å²) < 4.78 is 1.87. The molecular weight excluding hydrogens is 166 g/mol. The van der Waals surface area contributed by atoms with Crippen LogP contribution in [-0.4, -0.2) is 20.3 Å². The third kappa shape index (κ3) is 1.16. The number of aromatic nitrogens is 2. The van der Waals surface area contributed by atoms with Gasteiger partial charge in [-0.05, 0) is 19.1 Å². The van der Waals surface area contributed by atoms with E-state index in [1.165, 1.54) is 0 Å². The molecule has 13 heavy (non-hydrogen) atoms. The van der Waals surface area contributed by atoms with Gasteiger partial charge in [-0.25, -0.2) is 4.98 Å². The van der Waals surface area contributed by atoms with E-state index in [0.717, 1.165) is 11.3 Å². The number of nitrogens with zero attached hydrogens (tertiary/aromatic N) is 3. The summed E-state index contributed by atoms with van der Waals surface area (Å²) in [5.41, 5.74) is 2.21. The predicted octanol–water partition coefficient (Wildman–Crippen LogP) is 1.53. The summed E-state index contributed by atoms with van der Waals surface area (Å²) in [7, 11) is 0. The molecule has 0 saturated heterocycles. The van der Waals surface area contributed by atoms with E-state index in [9.17, 15) is 0 Å². The molecule has 1 N–H and O–H groups in total. The topological polar surface area (TPSA) is 49.9 Å². The molecule has 2 heterocycles. The fourth-order valence-electron chi connectivity index (χ4n) is 1.25. The van der Waals surface area contributed by atoms with Crippen molar-refractivity contribution in [3.05, 3.63) is 36.3 Å².